The first-order valence-electron chi connectivity index (χ1n) is 8.56. The molecule has 0 aromatic heterocycles. The van der Waals surface area contributed by atoms with Crippen LogP contribution in [0.1, 0.15) is 45.5 Å². The first-order chi connectivity index (χ1) is 12.1. The maximum Gasteiger partial charge on any atom is 0.254 e. The Labute approximate surface area is 146 Å². The van der Waals surface area contributed by atoms with Crippen LogP contribution in [0.4, 0.5) is 4.39 Å². The molecular formula is C20H21FN2O2. The summed E-state index contributed by atoms with van der Waals surface area (Å²) in [6.45, 7) is 1.92. The molecule has 5 heteroatoms. The van der Waals surface area contributed by atoms with Gasteiger partial charge in [-0.05, 0) is 49.1 Å². The molecule has 0 unspecified atom stereocenters. The van der Waals surface area contributed by atoms with Crippen LogP contribution in [0.3, 0.4) is 0 Å². The number of nitrogens with one attached hydrogen (secondary N) is 1. The lowest BCUT2D eigenvalue weighted by atomic mass is 10.1. The van der Waals surface area contributed by atoms with Crippen LogP contribution in [0.2, 0.25) is 0 Å². The highest BCUT2D eigenvalue weighted by Gasteiger charge is 2.18. The van der Waals surface area contributed by atoms with Gasteiger partial charge in [0.2, 0.25) is 0 Å². The topological polar surface area (TPSA) is 49.4 Å². The Morgan fingerprint density at radius 1 is 0.960 bits per heavy atom. The summed E-state index contributed by atoms with van der Waals surface area (Å²) in [6.07, 6.45) is 3.31. The van der Waals surface area contributed by atoms with E-state index < -0.39 is 11.7 Å². The number of halogens is 1. The number of carbonyl (C=O) groups is 2. The van der Waals surface area contributed by atoms with Crippen LogP contribution in [0.25, 0.3) is 0 Å². The summed E-state index contributed by atoms with van der Waals surface area (Å²) in [5, 5.41) is 2.69. The molecule has 0 spiro atoms. The summed E-state index contributed by atoms with van der Waals surface area (Å²) >= 11 is 0. The zero-order valence-electron chi connectivity index (χ0n) is 14.0. The Hall–Kier alpha value is -2.69. The molecule has 0 saturated carbocycles. The van der Waals surface area contributed by atoms with Crippen molar-refractivity contribution in [3.63, 3.8) is 0 Å². The van der Waals surface area contributed by atoms with E-state index in [2.05, 4.69) is 5.32 Å². The highest BCUT2D eigenvalue weighted by molar-refractivity contribution is 5.95. The maximum absolute atomic E-state index is 13.6. The van der Waals surface area contributed by atoms with Crippen molar-refractivity contribution in [2.75, 3.05) is 13.1 Å². The Balaban J connectivity index is 1.58. The molecule has 1 heterocycles. The molecule has 0 radical (unpaired) electrons. The molecular weight excluding hydrogens is 319 g/mol. The minimum Gasteiger partial charge on any atom is -0.348 e. The fourth-order valence-corrected chi connectivity index (χ4v) is 2.97. The van der Waals surface area contributed by atoms with Crippen molar-refractivity contribution in [1.82, 2.24) is 10.2 Å². The molecule has 2 aromatic carbocycles. The summed E-state index contributed by atoms with van der Waals surface area (Å²) in [5.74, 6) is -0.935. The van der Waals surface area contributed by atoms with Crippen molar-refractivity contribution in [3.8, 4) is 0 Å². The monoisotopic (exact) mass is 340 g/mol. The lowest BCUT2D eigenvalue weighted by Crippen LogP contribution is -2.35. The third kappa shape index (κ3) is 4.24. The van der Waals surface area contributed by atoms with Gasteiger partial charge in [0.15, 0.2) is 0 Å². The number of likely N-dealkylation sites (tertiary alicyclic amines) is 1. The van der Waals surface area contributed by atoms with Crippen molar-refractivity contribution in [2.24, 2.45) is 0 Å². The lowest BCUT2D eigenvalue weighted by Gasteiger charge is -2.26. The van der Waals surface area contributed by atoms with E-state index in [1.807, 2.05) is 17.0 Å². The Morgan fingerprint density at radius 2 is 1.64 bits per heavy atom. The van der Waals surface area contributed by atoms with E-state index >= 15 is 0 Å². The van der Waals surface area contributed by atoms with Crippen LogP contribution in [-0.4, -0.2) is 29.8 Å². The van der Waals surface area contributed by atoms with Crippen molar-refractivity contribution < 1.29 is 14.0 Å². The number of rotatable bonds is 4. The standard InChI is InChI=1S/C20H21FN2O2/c21-18-7-3-2-6-17(18)19(24)22-14-15-8-10-16(11-9-15)20(25)23-12-4-1-5-13-23/h2-3,6-11H,1,4-5,12-14H2,(H,22,24). The van der Waals surface area contributed by atoms with Gasteiger partial charge in [0, 0.05) is 25.2 Å². The molecule has 3 rings (SSSR count). The largest absolute Gasteiger partial charge is 0.348 e. The van der Waals surface area contributed by atoms with Crippen LogP contribution < -0.4 is 5.32 Å². The minimum atomic E-state index is -0.539. The molecule has 0 aliphatic carbocycles. The fourth-order valence-electron chi connectivity index (χ4n) is 2.97. The molecule has 25 heavy (non-hydrogen) atoms. The zero-order valence-corrected chi connectivity index (χ0v) is 14.0. The summed E-state index contributed by atoms with van der Waals surface area (Å²) < 4.78 is 13.6. The second-order valence-corrected chi connectivity index (χ2v) is 6.21. The summed E-state index contributed by atoms with van der Waals surface area (Å²) in [7, 11) is 0. The Bertz CT molecular complexity index is 753. The van der Waals surface area contributed by atoms with E-state index in [9.17, 15) is 14.0 Å². The minimum absolute atomic E-state index is 0.0272. The quantitative estimate of drug-likeness (QED) is 0.927. The highest BCUT2D eigenvalue weighted by Crippen LogP contribution is 2.14. The van der Waals surface area contributed by atoms with Gasteiger partial charge in [-0.25, -0.2) is 4.39 Å². The van der Waals surface area contributed by atoms with Crippen molar-refractivity contribution in [3.05, 3.63) is 71.0 Å². The summed E-state index contributed by atoms with van der Waals surface area (Å²) in [4.78, 5) is 26.3. The van der Waals surface area contributed by atoms with Crippen LogP contribution in [0.5, 0.6) is 0 Å². The van der Waals surface area contributed by atoms with Gasteiger partial charge >= 0.3 is 0 Å². The van der Waals surface area contributed by atoms with Crippen LogP contribution in [0, 0.1) is 5.82 Å². The molecule has 1 saturated heterocycles. The van der Waals surface area contributed by atoms with Gasteiger partial charge in [-0.2, -0.15) is 0 Å². The molecule has 1 aliphatic heterocycles. The molecule has 2 aromatic rings. The molecule has 4 nitrogen and oxygen atoms in total. The summed E-state index contributed by atoms with van der Waals surface area (Å²) in [5.41, 5.74) is 1.55. The van der Waals surface area contributed by atoms with Gasteiger partial charge in [0.05, 0.1) is 5.56 Å². The lowest BCUT2D eigenvalue weighted by molar-refractivity contribution is 0.0724. The van der Waals surface area contributed by atoms with Crippen LogP contribution in [-0.2, 0) is 6.54 Å². The number of benzene rings is 2. The number of amides is 2. The molecule has 1 N–H and O–H groups in total. The average molecular weight is 340 g/mol. The molecule has 130 valence electrons. The smallest absolute Gasteiger partial charge is 0.254 e. The summed E-state index contributed by atoms with van der Waals surface area (Å²) in [6, 6.07) is 13.1. The van der Waals surface area contributed by atoms with E-state index in [0.29, 0.717) is 5.56 Å². The predicted octanol–water partition coefficient (Wildman–Crippen LogP) is 3.38. The maximum atomic E-state index is 13.6. The van der Waals surface area contributed by atoms with Gasteiger partial charge in [-0.3, -0.25) is 9.59 Å². The molecule has 0 bridgehead atoms. The third-order valence-electron chi connectivity index (χ3n) is 4.42. The van der Waals surface area contributed by atoms with Gasteiger partial charge in [0.25, 0.3) is 11.8 Å². The van der Waals surface area contributed by atoms with E-state index in [0.717, 1.165) is 31.5 Å². The first kappa shape index (κ1) is 17.1. The Kier molecular flexibility index (Phi) is 5.43. The number of carbonyl (C=O) groups excluding carboxylic acids is 2. The Morgan fingerprint density at radius 3 is 2.32 bits per heavy atom. The normalized spacial score (nSPS) is 14.2. The van der Waals surface area contributed by atoms with E-state index in [1.54, 1.807) is 24.3 Å². The molecule has 0 atom stereocenters. The first-order valence-corrected chi connectivity index (χ1v) is 8.56. The van der Waals surface area contributed by atoms with Crippen molar-refractivity contribution in [2.45, 2.75) is 25.8 Å². The van der Waals surface area contributed by atoms with E-state index in [1.165, 1.54) is 18.6 Å². The number of nitrogens with zero attached hydrogens (tertiary/aromatic N) is 1. The number of piperidine rings is 1. The predicted molar refractivity (Wildman–Crippen MR) is 93.8 cm³/mol. The average Bonchev–Trinajstić information content (AvgIpc) is 2.67. The highest BCUT2D eigenvalue weighted by atomic mass is 19.1. The van der Waals surface area contributed by atoms with Crippen LogP contribution in [0.15, 0.2) is 48.5 Å². The SMILES string of the molecule is O=C(NCc1ccc(C(=O)N2CCCCC2)cc1)c1ccccc1F. The van der Waals surface area contributed by atoms with Gasteiger partial charge in [-0.1, -0.05) is 24.3 Å². The van der Waals surface area contributed by atoms with Crippen LogP contribution >= 0.6 is 0 Å². The second-order valence-electron chi connectivity index (χ2n) is 6.21. The van der Waals surface area contributed by atoms with Crippen molar-refractivity contribution in [1.29, 1.82) is 0 Å². The number of hydrogen-bond donors (Lipinski definition) is 1. The zero-order chi connectivity index (χ0) is 17.6. The molecule has 2 amide bonds. The second kappa shape index (κ2) is 7.92. The molecule has 1 fully saturated rings. The van der Waals surface area contributed by atoms with Gasteiger partial charge in [-0.15, -0.1) is 0 Å². The number of hydrogen-bond acceptors (Lipinski definition) is 2. The van der Waals surface area contributed by atoms with E-state index in [-0.39, 0.29) is 18.0 Å². The third-order valence-corrected chi connectivity index (χ3v) is 4.42. The molecule has 1 aliphatic rings. The van der Waals surface area contributed by atoms with Gasteiger partial charge in [0.1, 0.15) is 5.82 Å². The fraction of sp³-hybridized carbons (Fsp3) is 0.300. The van der Waals surface area contributed by atoms with Crippen molar-refractivity contribution >= 4 is 11.8 Å². The van der Waals surface area contributed by atoms with Gasteiger partial charge < -0.3 is 10.2 Å². The van der Waals surface area contributed by atoms with E-state index in [4.69, 9.17) is 0 Å².